The number of nitrogens with two attached hydrogens (primary N) is 2. The Balaban J connectivity index is 3.11. The molecule has 4 heteroatoms. The van der Waals surface area contributed by atoms with Crippen LogP contribution in [0, 0.1) is 0 Å². The van der Waals surface area contributed by atoms with Crippen LogP contribution >= 0.6 is 15.9 Å². The smallest absolute Gasteiger partial charge is 0.0663 e. The lowest BCUT2D eigenvalue weighted by Gasteiger charge is -2.15. The standard InChI is InChI=1S/C11H16BrN3/c1-7(2)5-11(15-14)9-6-8(12)3-4-10(9)13/h3-6,11,15H,13-14H2,1-2H3. The van der Waals surface area contributed by atoms with E-state index in [4.69, 9.17) is 11.6 Å². The van der Waals surface area contributed by atoms with E-state index in [0.29, 0.717) is 0 Å². The van der Waals surface area contributed by atoms with Gasteiger partial charge in [-0.15, -0.1) is 0 Å². The van der Waals surface area contributed by atoms with Crippen molar-refractivity contribution in [3.63, 3.8) is 0 Å². The Morgan fingerprint density at radius 3 is 2.67 bits per heavy atom. The molecule has 0 radical (unpaired) electrons. The summed E-state index contributed by atoms with van der Waals surface area (Å²) in [5.74, 6) is 5.51. The molecule has 0 aliphatic rings. The highest BCUT2D eigenvalue weighted by molar-refractivity contribution is 9.10. The predicted molar refractivity (Wildman–Crippen MR) is 68.0 cm³/mol. The molecule has 0 fully saturated rings. The SMILES string of the molecule is CC(C)=CC(NN)c1cc(Br)ccc1N. The molecule has 1 aromatic rings. The first-order valence-corrected chi connectivity index (χ1v) is 5.50. The third-order valence-corrected chi connectivity index (χ3v) is 2.56. The number of nitrogens with one attached hydrogen (secondary N) is 1. The molecule has 15 heavy (non-hydrogen) atoms. The first-order valence-electron chi connectivity index (χ1n) is 4.70. The van der Waals surface area contributed by atoms with Gasteiger partial charge in [0, 0.05) is 10.2 Å². The zero-order chi connectivity index (χ0) is 11.4. The van der Waals surface area contributed by atoms with Gasteiger partial charge in [0.2, 0.25) is 0 Å². The van der Waals surface area contributed by atoms with E-state index >= 15 is 0 Å². The molecule has 1 aromatic carbocycles. The molecule has 3 nitrogen and oxygen atoms in total. The van der Waals surface area contributed by atoms with E-state index in [9.17, 15) is 0 Å². The molecule has 0 aliphatic carbocycles. The maximum atomic E-state index is 5.90. The second-order valence-corrected chi connectivity index (χ2v) is 4.58. The molecule has 1 atom stereocenters. The number of rotatable bonds is 3. The third-order valence-electron chi connectivity index (χ3n) is 2.06. The molecule has 0 aromatic heterocycles. The number of allylic oxidation sites excluding steroid dienone is 1. The predicted octanol–water partition coefficient (Wildman–Crippen LogP) is 2.50. The van der Waals surface area contributed by atoms with Crippen LogP contribution in [0.3, 0.4) is 0 Å². The first kappa shape index (κ1) is 12.2. The van der Waals surface area contributed by atoms with E-state index < -0.39 is 0 Å². The summed E-state index contributed by atoms with van der Waals surface area (Å²) in [7, 11) is 0. The molecule has 0 amide bonds. The first-order chi connectivity index (χ1) is 7.04. The van der Waals surface area contributed by atoms with Gasteiger partial charge in [0.05, 0.1) is 6.04 Å². The van der Waals surface area contributed by atoms with Gasteiger partial charge in [0.25, 0.3) is 0 Å². The van der Waals surface area contributed by atoms with Crippen LogP contribution in [0.5, 0.6) is 0 Å². The zero-order valence-corrected chi connectivity index (χ0v) is 10.5. The summed E-state index contributed by atoms with van der Waals surface area (Å²) in [6.07, 6.45) is 2.04. The topological polar surface area (TPSA) is 64.1 Å². The minimum absolute atomic E-state index is 0.0486. The van der Waals surface area contributed by atoms with E-state index in [1.165, 1.54) is 5.57 Å². The van der Waals surface area contributed by atoms with E-state index in [1.807, 2.05) is 38.1 Å². The second-order valence-electron chi connectivity index (χ2n) is 3.66. The monoisotopic (exact) mass is 269 g/mol. The van der Waals surface area contributed by atoms with Crippen LogP contribution in [0.4, 0.5) is 5.69 Å². The summed E-state index contributed by atoms with van der Waals surface area (Å²) in [5.41, 5.74) is 11.5. The van der Waals surface area contributed by atoms with Crippen molar-refractivity contribution in [3.8, 4) is 0 Å². The number of hydrogen-bond acceptors (Lipinski definition) is 3. The summed E-state index contributed by atoms with van der Waals surface area (Å²) in [6.45, 7) is 4.05. The van der Waals surface area contributed by atoms with E-state index in [-0.39, 0.29) is 6.04 Å². The van der Waals surface area contributed by atoms with Crippen LogP contribution in [0.2, 0.25) is 0 Å². The molecular formula is C11H16BrN3. The summed E-state index contributed by atoms with van der Waals surface area (Å²) >= 11 is 3.42. The van der Waals surface area contributed by atoms with Gasteiger partial charge in [-0.25, -0.2) is 5.43 Å². The number of hydrogen-bond donors (Lipinski definition) is 3. The molecule has 1 unspecified atom stereocenters. The fourth-order valence-electron chi connectivity index (χ4n) is 1.38. The van der Waals surface area contributed by atoms with Crippen LogP contribution in [-0.2, 0) is 0 Å². The zero-order valence-electron chi connectivity index (χ0n) is 8.92. The molecule has 0 spiro atoms. The van der Waals surface area contributed by atoms with Crippen molar-refractivity contribution < 1.29 is 0 Å². The van der Waals surface area contributed by atoms with Gasteiger partial charge in [-0.05, 0) is 37.6 Å². The quantitative estimate of drug-likeness (QED) is 0.342. The Morgan fingerprint density at radius 1 is 1.47 bits per heavy atom. The van der Waals surface area contributed by atoms with Crippen molar-refractivity contribution in [3.05, 3.63) is 39.9 Å². The van der Waals surface area contributed by atoms with E-state index in [0.717, 1.165) is 15.7 Å². The molecule has 1 rings (SSSR count). The largest absolute Gasteiger partial charge is 0.398 e. The van der Waals surface area contributed by atoms with E-state index in [2.05, 4.69) is 21.4 Å². The molecule has 5 N–H and O–H groups in total. The van der Waals surface area contributed by atoms with Gasteiger partial charge < -0.3 is 5.73 Å². The maximum absolute atomic E-state index is 5.90. The Morgan fingerprint density at radius 2 is 2.13 bits per heavy atom. The number of nitrogen functional groups attached to an aromatic ring is 1. The molecule has 0 aliphatic heterocycles. The van der Waals surface area contributed by atoms with Gasteiger partial charge in [-0.1, -0.05) is 27.6 Å². The van der Waals surface area contributed by atoms with Gasteiger partial charge in [-0.2, -0.15) is 0 Å². The molecular weight excluding hydrogens is 254 g/mol. The number of hydrazine groups is 1. The van der Waals surface area contributed by atoms with Crippen molar-refractivity contribution in [2.75, 3.05) is 5.73 Å². The lowest BCUT2D eigenvalue weighted by molar-refractivity contribution is 0.653. The van der Waals surface area contributed by atoms with Crippen LogP contribution in [0.1, 0.15) is 25.5 Å². The van der Waals surface area contributed by atoms with Crippen LogP contribution in [0.25, 0.3) is 0 Å². The highest BCUT2D eigenvalue weighted by atomic mass is 79.9. The lowest BCUT2D eigenvalue weighted by atomic mass is 10.0. The fourth-order valence-corrected chi connectivity index (χ4v) is 1.75. The summed E-state index contributed by atoms with van der Waals surface area (Å²) in [4.78, 5) is 0. The van der Waals surface area contributed by atoms with Gasteiger partial charge in [0.15, 0.2) is 0 Å². The highest BCUT2D eigenvalue weighted by Crippen LogP contribution is 2.25. The van der Waals surface area contributed by atoms with Crippen LogP contribution in [0.15, 0.2) is 34.3 Å². The van der Waals surface area contributed by atoms with Crippen molar-refractivity contribution >= 4 is 21.6 Å². The molecule has 0 saturated carbocycles. The van der Waals surface area contributed by atoms with Gasteiger partial charge in [-0.3, -0.25) is 5.84 Å². The van der Waals surface area contributed by atoms with Gasteiger partial charge >= 0.3 is 0 Å². The molecule has 0 heterocycles. The van der Waals surface area contributed by atoms with E-state index in [1.54, 1.807) is 0 Å². The lowest BCUT2D eigenvalue weighted by Crippen LogP contribution is -2.27. The average molecular weight is 270 g/mol. The van der Waals surface area contributed by atoms with Crippen molar-refractivity contribution in [2.24, 2.45) is 5.84 Å². The van der Waals surface area contributed by atoms with Crippen LogP contribution < -0.4 is 17.0 Å². The van der Waals surface area contributed by atoms with Crippen molar-refractivity contribution in [1.82, 2.24) is 5.43 Å². The Kier molecular flexibility index (Phi) is 4.32. The third kappa shape index (κ3) is 3.34. The second kappa shape index (κ2) is 5.30. The van der Waals surface area contributed by atoms with Crippen molar-refractivity contribution in [1.29, 1.82) is 0 Å². The Hall–Kier alpha value is -0.840. The Bertz CT molecular complexity index is 370. The molecule has 82 valence electrons. The maximum Gasteiger partial charge on any atom is 0.0663 e. The minimum atomic E-state index is -0.0486. The summed E-state index contributed by atoms with van der Waals surface area (Å²) in [6, 6.07) is 5.70. The molecule has 0 saturated heterocycles. The number of halogens is 1. The minimum Gasteiger partial charge on any atom is -0.398 e. The highest BCUT2D eigenvalue weighted by Gasteiger charge is 2.10. The molecule has 0 bridgehead atoms. The number of benzene rings is 1. The Labute approximate surface area is 98.6 Å². The average Bonchev–Trinajstić information content (AvgIpc) is 2.18. The fraction of sp³-hybridized carbons (Fsp3) is 0.273. The van der Waals surface area contributed by atoms with Crippen LogP contribution in [-0.4, -0.2) is 0 Å². The summed E-state index contributed by atoms with van der Waals surface area (Å²) in [5, 5.41) is 0. The normalized spacial score (nSPS) is 12.3. The van der Waals surface area contributed by atoms with Gasteiger partial charge in [0.1, 0.15) is 0 Å². The number of anilines is 1. The summed E-state index contributed by atoms with van der Waals surface area (Å²) < 4.78 is 0.995. The van der Waals surface area contributed by atoms with Crippen molar-refractivity contribution in [2.45, 2.75) is 19.9 Å².